The number of ether oxygens (including phenoxy) is 1. The quantitative estimate of drug-likeness (QED) is 0.381. The van der Waals surface area contributed by atoms with E-state index in [1.807, 2.05) is 36.5 Å². The fraction of sp³-hybridized carbons (Fsp3) is 0.174. The fourth-order valence-electron chi connectivity index (χ4n) is 3.36. The number of rotatable bonds is 5. The molecule has 5 heteroatoms. The summed E-state index contributed by atoms with van der Waals surface area (Å²) in [4.78, 5) is 4.40. The van der Waals surface area contributed by atoms with Crippen molar-refractivity contribution in [3.05, 3.63) is 94.4 Å². The highest BCUT2D eigenvalue weighted by atomic mass is 35.5. The van der Waals surface area contributed by atoms with E-state index >= 15 is 0 Å². The molecule has 144 valence electrons. The molecule has 2 heterocycles. The number of hydrogen-bond acceptors (Lipinski definition) is 2. The second-order valence-electron chi connectivity index (χ2n) is 6.73. The summed E-state index contributed by atoms with van der Waals surface area (Å²) in [5, 5.41) is 1.86. The second-order valence-corrected chi connectivity index (χ2v) is 7.17. The number of halogens is 2. The Labute approximate surface area is 176 Å². The Hall–Kier alpha value is -2.49. The standard InChI is InChI=1S/C23H21ClN2O.ClH/c1-16-17(2)26(14-18-6-4-3-5-7-18)23-21(16)12-25-13-22(23)27-15-19-8-10-20(24)11-9-19;/h3-13H,14-15H2,1-2H3;1H. The van der Waals surface area contributed by atoms with Crippen molar-refractivity contribution in [2.75, 3.05) is 0 Å². The molecule has 0 atom stereocenters. The van der Waals surface area contributed by atoms with Gasteiger partial charge in [-0.05, 0) is 42.7 Å². The fourth-order valence-corrected chi connectivity index (χ4v) is 3.49. The maximum Gasteiger partial charge on any atom is 0.162 e. The van der Waals surface area contributed by atoms with E-state index < -0.39 is 0 Å². The number of fused-ring (bicyclic) bond motifs is 1. The minimum atomic E-state index is 0. The van der Waals surface area contributed by atoms with E-state index in [9.17, 15) is 0 Å². The summed E-state index contributed by atoms with van der Waals surface area (Å²) in [5.41, 5.74) is 5.91. The molecule has 2 aromatic carbocycles. The molecule has 0 N–H and O–H groups in total. The molecule has 0 fully saturated rings. The van der Waals surface area contributed by atoms with E-state index in [2.05, 4.69) is 47.7 Å². The van der Waals surface area contributed by atoms with Crippen molar-refractivity contribution >= 4 is 34.9 Å². The van der Waals surface area contributed by atoms with Crippen molar-refractivity contribution in [2.24, 2.45) is 0 Å². The van der Waals surface area contributed by atoms with Gasteiger partial charge < -0.3 is 9.30 Å². The molecule has 2 aromatic heterocycles. The molecule has 0 aliphatic carbocycles. The number of nitrogens with zero attached hydrogens (tertiary/aromatic N) is 2. The third-order valence-corrected chi connectivity index (χ3v) is 5.25. The molecule has 0 spiro atoms. The summed E-state index contributed by atoms with van der Waals surface area (Å²) in [6, 6.07) is 18.2. The highest BCUT2D eigenvalue weighted by molar-refractivity contribution is 6.30. The van der Waals surface area contributed by atoms with E-state index in [0.717, 1.165) is 33.8 Å². The highest BCUT2D eigenvalue weighted by Crippen LogP contribution is 2.32. The van der Waals surface area contributed by atoms with Crippen LogP contribution in [-0.2, 0) is 13.2 Å². The molecule has 0 amide bonds. The van der Waals surface area contributed by atoms with Crippen LogP contribution in [0.15, 0.2) is 67.0 Å². The lowest BCUT2D eigenvalue weighted by Gasteiger charge is -2.13. The van der Waals surface area contributed by atoms with Crippen LogP contribution in [0.1, 0.15) is 22.4 Å². The van der Waals surface area contributed by atoms with Crippen LogP contribution in [0.4, 0.5) is 0 Å². The maximum absolute atomic E-state index is 6.17. The number of pyridine rings is 1. The van der Waals surface area contributed by atoms with Gasteiger partial charge in [-0.25, -0.2) is 0 Å². The Morgan fingerprint density at radius 3 is 2.36 bits per heavy atom. The van der Waals surface area contributed by atoms with Crippen molar-refractivity contribution in [1.29, 1.82) is 0 Å². The number of hydrogen-bond donors (Lipinski definition) is 0. The topological polar surface area (TPSA) is 27.1 Å². The summed E-state index contributed by atoms with van der Waals surface area (Å²) in [6.45, 7) is 5.58. The molecule has 0 bridgehead atoms. The molecule has 3 nitrogen and oxygen atoms in total. The van der Waals surface area contributed by atoms with Crippen LogP contribution in [0, 0.1) is 13.8 Å². The van der Waals surface area contributed by atoms with Gasteiger partial charge in [0.15, 0.2) is 5.75 Å². The lowest BCUT2D eigenvalue weighted by Crippen LogP contribution is -2.04. The molecule has 4 aromatic rings. The van der Waals surface area contributed by atoms with Gasteiger partial charge in [0.25, 0.3) is 0 Å². The minimum Gasteiger partial charge on any atom is -0.485 e. The van der Waals surface area contributed by atoms with E-state index in [1.54, 1.807) is 6.20 Å². The Morgan fingerprint density at radius 1 is 0.929 bits per heavy atom. The minimum absolute atomic E-state index is 0. The van der Waals surface area contributed by atoms with Crippen molar-refractivity contribution < 1.29 is 4.74 Å². The van der Waals surface area contributed by atoms with Crippen LogP contribution in [-0.4, -0.2) is 9.55 Å². The van der Waals surface area contributed by atoms with Gasteiger partial charge in [-0.1, -0.05) is 54.1 Å². The zero-order chi connectivity index (χ0) is 18.8. The molecule has 0 saturated heterocycles. The average molecular weight is 413 g/mol. The lowest BCUT2D eigenvalue weighted by atomic mass is 10.2. The Bertz CT molecular complexity index is 1070. The smallest absolute Gasteiger partial charge is 0.162 e. The van der Waals surface area contributed by atoms with E-state index in [-0.39, 0.29) is 12.4 Å². The molecule has 0 aliphatic heterocycles. The summed E-state index contributed by atoms with van der Waals surface area (Å²) in [5.74, 6) is 0.801. The molecule has 28 heavy (non-hydrogen) atoms. The number of aromatic nitrogens is 2. The molecular weight excluding hydrogens is 391 g/mol. The normalized spacial score (nSPS) is 10.7. The van der Waals surface area contributed by atoms with Crippen molar-refractivity contribution in [3.8, 4) is 5.75 Å². The van der Waals surface area contributed by atoms with Crippen molar-refractivity contribution in [2.45, 2.75) is 27.0 Å². The first kappa shape index (κ1) is 20.2. The predicted molar refractivity (Wildman–Crippen MR) is 118 cm³/mol. The summed E-state index contributed by atoms with van der Waals surface area (Å²) in [7, 11) is 0. The van der Waals surface area contributed by atoms with Crippen LogP contribution >= 0.6 is 24.0 Å². The highest BCUT2D eigenvalue weighted by Gasteiger charge is 2.16. The van der Waals surface area contributed by atoms with E-state index in [1.165, 1.54) is 16.8 Å². The largest absolute Gasteiger partial charge is 0.485 e. The van der Waals surface area contributed by atoms with Gasteiger partial charge in [0, 0.05) is 28.8 Å². The van der Waals surface area contributed by atoms with Crippen LogP contribution < -0.4 is 4.74 Å². The van der Waals surface area contributed by atoms with Gasteiger partial charge in [0.1, 0.15) is 6.61 Å². The number of benzene rings is 2. The van der Waals surface area contributed by atoms with E-state index in [0.29, 0.717) is 6.61 Å². The molecule has 0 radical (unpaired) electrons. The zero-order valence-corrected chi connectivity index (χ0v) is 17.4. The van der Waals surface area contributed by atoms with Gasteiger partial charge in [-0.3, -0.25) is 4.98 Å². The molecule has 0 saturated carbocycles. The van der Waals surface area contributed by atoms with Crippen molar-refractivity contribution in [1.82, 2.24) is 9.55 Å². The maximum atomic E-state index is 6.17. The van der Waals surface area contributed by atoms with Gasteiger partial charge in [0.05, 0.1) is 11.7 Å². The summed E-state index contributed by atoms with van der Waals surface area (Å²) in [6.07, 6.45) is 3.73. The summed E-state index contributed by atoms with van der Waals surface area (Å²) < 4.78 is 8.48. The first-order valence-corrected chi connectivity index (χ1v) is 9.36. The number of aryl methyl sites for hydroxylation is 1. The molecular formula is C23H22Cl2N2O. The van der Waals surface area contributed by atoms with Crippen LogP contribution in [0.2, 0.25) is 5.02 Å². The third-order valence-electron chi connectivity index (χ3n) is 5.00. The van der Waals surface area contributed by atoms with Gasteiger partial charge in [0.2, 0.25) is 0 Å². The van der Waals surface area contributed by atoms with Gasteiger partial charge in [-0.2, -0.15) is 0 Å². The average Bonchev–Trinajstić information content (AvgIpc) is 2.94. The van der Waals surface area contributed by atoms with Crippen LogP contribution in [0.3, 0.4) is 0 Å². The monoisotopic (exact) mass is 412 g/mol. The first-order valence-electron chi connectivity index (χ1n) is 8.98. The Balaban J connectivity index is 0.00000225. The molecule has 0 unspecified atom stereocenters. The summed E-state index contributed by atoms with van der Waals surface area (Å²) >= 11 is 5.97. The third kappa shape index (κ3) is 4.01. The Kier molecular flexibility index (Phi) is 6.28. The lowest BCUT2D eigenvalue weighted by molar-refractivity contribution is 0.307. The van der Waals surface area contributed by atoms with Crippen LogP contribution in [0.25, 0.3) is 10.9 Å². The van der Waals surface area contributed by atoms with E-state index in [4.69, 9.17) is 16.3 Å². The van der Waals surface area contributed by atoms with Crippen LogP contribution in [0.5, 0.6) is 5.75 Å². The molecule has 4 rings (SSSR count). The predicted octanol–water partition coefficient (Wildman–Crippen LogP) is 6.36. The molecule has 0 aliphatic rings. The SMILES string of the molecule is Cc1c(C)n(Cc2ccccc2)c2c(OCc3ccc(Cl)cc3)cncc12.Cl. The second kappa shape index (κ2) is 8.68. The Morgan fingerprint density at radius 2 is 1.64 bits per heavy atom. The van der Waals surface area contributed by atoms with Crippen molar-refractivity contribution in [3.63, 3.8) is 0 Å². The zero-order valence-electron chi connectivity index (χ0n) is 15.9. The van der Waals surface area contributed by atoms with Gasteiger partial charge in [-0.15, -0.1) is 12.4 Å². The first-order chi connectivity index (χ1) is 13.1. The van der Waals surface area contributed by atoms with Gasteiger partial charge >= 0.3 is 0 Å².